The zero-order valence-corrected chi connectivity index (χ0v) is 24.2. The zero-order valence-electron chi connectivity index (χ0n) is 23.5. The quantitative estimate of drug-likeness (QED) is 0.250. The Morgan fingerprint density at radius 1 is 1.07 bits per heavy atom. The number of hydrogen-bond acceptors (Lipinski definition) is 6. The van der Waals surface area contributed by atoms with Gasteiger partial charge >= 0.3 is 6.18 Å². The summed E-state index contributed by atoms with van der Waals surface area (Å²) in [6.07, 6.45) is -3.40. The van der Waals surface area contributed by atoms with Gasteiger partial charge in [-0.2, -0.15) is 13.2 Å². The monoisotopic (exact) mass is 647 g/mol. The second kappa shape index (κ2) is 12.1. The third-order valence-electron chi connectivity index (χ3n) is 6.80. The van der Waals surface area contributed by atoms with Gasteiger partial charge in [-0.25, -0.2) is 18.7 Å². The van der Waals surface area contributed by atoms with Gasteiger partial charge in [0.2, 0.25) is 11.7 Å². The minimum absolute atomic E-state index is 0.00170. The summed E-state index contributed by atoms with van der Waals surface area (Å²) >= 11 is 6.32. The molecule has 2 aromatic carbocycles. The van der Waals surface area contributed by atoms with Crippen molar-refractivity contribution in [2.75, 3.05) is 24.3 Å². The molecule has 0 saturated carbocycles. The number of amides is 3. The van der Waals surface area contributed by atoms with Gasteiger partial charge in [-0.3, -0.25) is 14.4 Å². The maximum absolute atomic E-state index is 14.3. The lowest BCUT2D eigenvalue weighted by molar-refractivity contribution is -0.137. The molecule has 0 radical (unpaired) electrons. The Balaban J connectivity index is 1.55. The number of halogens is 6. The second-order valence-corrected chi connectivity index (χ2v) is 10.6. The van der Waals surface area contributed by atoms with Gasteiger partial charge in [0.05, 0.1) is 17.3 Å². The van der Waals surface area contributed by atoms with E-state index in [0.29, 0.717) is 23.5 Å². The van der Waals surface area contributed by atoms with Crippen LogP contribution in [0.2, 0.25) is 5.02 Å². The molecule has 1 atom stereocenters. The number of pyridine rings is 1. The second-order valence-electron chi connectivity index (χ2n) is 10.2. The van der Waals surface area contributed by atoms with Crippen molar-refractivity contribution in [3.05, 3.63) is 105 Å². The highest BCUT2D eigenvalue weighted by Gasteiger charge is 2.37. The van der Waals surface area contributed by atoms with Crippen molar-refractivity contribution in [2.24, 2.45) is 0 Å². The van der Waals surface area contributed by atoms with Crippen LogP contribution >= 0.6 is 11.6 Å². The number of aromatic nitrogens is 3. The maximum Gasteiger partial charge on any atom is 0.416 e. The molecule has 4 aromatic rings. The molecule has 0 spiro atoms. The van der Waals surface area contributed by atoms with E-state index in [-0.39, 0.29) is 40.5 Å². The number of carbonyl (C=O) groups excluding carboxylic acids is 3. The molecule has 234 valence electrons. The summed E-state index contributed by atoms with van der Waals surface area (Å²) in [6, 6.07) is 6.86. The number of fused-ring (bicyclic) bond motifs is 1. The van der Waals surface area contributed by atoms with E-state index in [1.807, 2.05) is 14.1 Å². The van der Waals surface area contributed by atoms with Gasteiger partial charge in [-0.05, 0) is 48.0 Å². The highest BCUT2D eigenvalue weighted by molar-refractivity contribution is 6.31. The van der Waals surface area contributed by atoms with E-state index in [9.17, 15) is 36.3 Å². The Morgan fingerprint density at radius 2 is 1.82 bits per heavy atom. The molecule has 2 aromatic heterocycles. The van der Waals surface area contributed by atoms with Crippen LogP contribution in [0.4, 0.5) is 33.6 Å². The van der Waals surface area contributed by atoms with Crippen LogP contribution in [0.1, 0.15) is 49.4 Å². The van der Waals surface area contributed by atoms with E-state index in [1.54, 1.807) is 23.2 Å². The Bertz CT molecular complexity index is 1810. The van der Waals surface area contributed by atoms with Crippen molar-refractivity contribution in [2.45, 2.75) is 25.3 Å². The number of carbonyl (C=O) groups is 3. The van der Waals surface area contributed by atoms with Gasteiger partial charge in [0.25, 0.3) is 11.8 Å². The summed E-state index contributed by atoms with van der Waals surface area (Å²) in [4.78, 5) is 49.6. The van der Waals surface area contributed by atoms with E-state index in [2.05, 4.69) is 25.9 Å². The van der Waals surface area contributed by atoms with Crippen LogP contribution in [0, 0.1) is 11.6 Å². The summed E-state index contributed by atoms with van der Waals surface area (Å²) in [7, 11) is 3.62. The van der Waals surface area contributed by atoms with Crippen LogP contribution in [0.3, 0.4) is 0 Å². The summed E-state index contributed by atoms with van der Waals surface area (Å²) in [6.45, 7) is -0.458. The van der Waals surface area contributed by atoms with Gasteiger partial charge < -0.3 is 25.4 Å². The van der Waals surface area contributed by atoms with Crippen LogP contribution in [0.15, 0.2) is 54.7 Å². The molecule has 0 fully saturated rings. The van der Waals surface area contributed by atoms with Crippen molar-refractivity contribution in [3.8, 4) is 0 Å². The normalized spacial score (nSPS) is 14.4. The average molecular weight is 648 g/mol. The van der Waals surface area contributed by atoms with Crippen LogP contribution in [-0.4, -0.2) is 46.4 Å². The number of imidazole rings is 1. The van der Waals surface area contributed by atoms with E-state index < -0.39 is 59.2 Å². The van der Waals surface area contributed by atoms with Crippen molar-refractivity contribution in [3.63, 3.8) is 0 Å². The molecule has 3 N–H and O–H groups in total. The highest BCUT2D eigenvalue weighted by atomic mass is 35.5. The molecule has 5 rings (SSSR count). The minimum atomic E-state index is -4.94. The average Bonchev–Trinajstić information content (AvgIpc) is 3.33. The van der Waals surface area contributed by atoms with Gasteiger partial charge in [0.15, 0.2) is 5.82 Å². The van der Waals surface area contributed by atoms with E-state index in [0.717, 1.165) is 12.1 Å². The third-order valence-corrected chi connectivity index (χ3v) is 7.14. The van der Waals surface area contributed by atoms with Gasteiger partial charge in [-0.15, -0.1) is 0 Å². The Labute approximate surface area is 257 Å². The standard InChI is InChI=1S/C29H23ClF5N7O3/c1-41(2)21-6-3-14(11-36-21)12-37-28(45)26-39-25(40-27(44)15-7-16(29(33,34)35)9-18(32)8-15)24-23(38-22(43)13-42(24)26)19-10-17(31)4-5-20(19)30/h3-11,23H,12-13H2,1-2H3,(H,37,45)(H,38,43)(H,40,44)/t23-/m0/s1. The van der Waals surface area contributed by atoms with Crippen molar-refractivity contribution in [1.82, 2.24) is 25.2 Å². The molecule has 0 bridgehead atoms. The van der Waals surface area contributed by atoms with Crippen molar-refractivity contribution >= 4 is 41.0 Å². The Kier molecular flexibility index (Phi) is 8.47. The predicted molar refractivity (Wildman–Crippen MR) is 153 cm³/mol. The van der Waals surface area contributed by atoms with Crippen molar-refractivity contribution in [1.29, 1.82) is 0 Å². The molecule has 1 aliphatic rings. The SMILES string of the molecule is CN(C)c1ccc(CNC(=O)c2nc(NC(=O)c3cc(F)cc(C(F)(F)F)c3)c3n2CC(=O)N[C@H]3c2cc(F)ccc2Cl)cn1. The molecule has 16 heteroatoms. The smallest absolute Gasteiger partial charge is 0.363 e. The summed E-state index contributed by atoms with van der Waals surface area (Å²) in [5, 5.41) is 7.61. The first-order valence-corrected chi connectivity index (χ1v) is 13.5. The fourth-order valence-corrected chi connectivity index (χ4v) is 4.90. The number of nitrogens with zero attached hydrogens (tertiary/aromatic N) is 4. The van der Waals surface area contributed by atoms with Gasteiger partial charge in [0.1, 0.15) is 24.0 Å². The first-order valence-electron chi connectivity index (χ1n) is 13.2. The van der Waals surface area contributed by atoms with E-state index in [4.69, 9.17) is 11.6 Å². The number of hydrogen-bond donors (Lipinski definition) is 3. The molecule has 3 amide bonds. The molecule has 10 nitrogen and oxygen atoms in total. The number of benzene rings is 2. The lowest BCUT2D eigenvalue weighted by Gasteiger charge is -2.28. The molecule has 0 unspecified atom stereocenters. The Hall–Kier alpha value is -5.05. The molecule has 3 heterocycles. The largest absolute Gasteiger partial charge is 0.416 e. The Morgan fingerprint density at radius 3 is 2.49 bits per heavy atom. The predicted octanol–water partition coefficient (Wildman–Crippen LogP) is 4.70. The summed E-state index contributed by atoms with van der Waals surface area (Å²) < 4.78 is 69.4. The van der Waals surface area contributed by atoms with Gasteiger partial charge in [-0.1, -0.05) is 17.7 Å². The molecular formula is C29H23ClF5N7O3. The van der Waals surface area contributed by atoms with Crippen LogP contribution in [0.5, 0.6) is 0 Å². The maximum atomic E-state index is 14.3. The topological polar surface area (TPSA) is 121 Å². The number of rotatable bonds is 7. The molecule has 0 saturated heterocycles. The van der Waals surface area contributed by atoms with Crippen LogP contribution in [0.25, 0.3) is 0 Å². The molecule has 1 aliphatic heterocycles. The molecule has 0 aliphatic carbocycles. The fourth-order valence-electron chi connectivity index (χ4n) is 4.67. The minimum Gasteiger partial charge on any atom is -0.363 e. The van der Waals surface area contributed by atoms with Gasteiger partial charge in [0, 0.05) is 43.0 Å². The zero-order chi connectivity index (χ0) is 32.6. The first-order chi connectivity index (χ1) is 21.2. The number of anilines is 2. The summed E-state index contributed by atoms with van der Waals surface area (Å²) in [5.41, 5.74) is -1.44. The lowest BCUT2D eigenvalue weighted by atomic mass is 10.0. The highest BCUT2D eigenvalue weighted by Crippen LogP contribution is 2.36. The summed E-state index contributed by atoms with van der Waals surface area (Å²) in [5.74, 6) is -4.63. The molecular weight excluding hydrogens is 625 g/mol. The third kappa shape index (κ3) is 6.72. The van der Waals surface area contributed by atoms with E-state index in [1.165, 1.54) is 10.6 Å². The number of alkyl halides is 3. The van der Waals surface area contributed by atoms with E-state index >= 15 is 0 Å². The van der Waals surface area contributed by atoms with Crippen molar-refractivity contribution < 1.29 is 36.3 Å². The van der Waals surface area contributed by atoms with Crippen LogP contribution < -0.4 is 20.9 Å². The fraction of sp³-hybridized carbons (Fsp3) is 0.207. The van der Waals surface area contributed by atoms with Crippen LogP contribution in [-0.2, 0) is 24.1 Å². The number of nitrogens with one attached hydrogen (secondary N) is 3. The molecule has 45 heavy (non-hydrogen) atoms. The lowest BCUT2D eigenvalue weighted by Crippen LogP contribution is -2.41. The first kappa shape index (κ1) is 31.4.